The Balaban J connectivity index is 2.31. The molecule has 0 saturated carbocycles. The van der Waals surface area contributed by atoms with Gasteiger partial charge in [-0.2, -0.15) is 0 Å². The molecule has 0 saturated heterocycles. The smallest absolute Gasteiger partial charge is 0.309 e. The van der Waals surface area contributed by atoms with Crippen molar-refractivity contribution in [1.82, 2.24) is 0 Å². The second-order valence-corrected chi connectivity index (χ2v) is 9.24. The number of rotatable bonds is 6. The van der Waals surface area contributed by atoms with Gasteiger partial charge in [0.2, 0.25) is 0 Å². The van der Waals surface area contributed by atoms with E-state index in [-0.39, 0.29) is 5.97 Å². The van der Waals surface area contributed by atoms with E-state index in [4.69, 9.17) is 4.74 Å². The molecule has 2 aromatic carbocycles. The van der Waals surface area contributed by atoms with Gasteiger partial charge in [-0.3, -0.25) is 4.79 Å². The maximum atomic E-state index is 11.5. The fraction of sp³-hybridized carbons (Fsp3) is 0.211. The molecular formula is C19H22O2Si. The van der Waals surface area contributed by atoms with E-state index in [0.29, 0.717) is 13.0 Å². The van der Waals surface area contributed by atoms with Crippen LogP contribution in [0.25, 0.3) is 0 Å². The summed E-state index contributed by atoms with van der Waals surface area (Å²) in [5.74, 6) is -0.170. The first-order chi connectivity index (χ1) is 10.7. The normalized spacial score (nSPS) is 11.5. The van der Waals surface area contributed by atoms with E-state index < -0.39 is 8.07 Å². The molecule has 0 fully saturated rings. The third kappa shape index (κ3) is 3.95. The van der Waals surface area contributed by atoms with Crippen LogP contribution in [0.2, 0.25) is 6.55 Å². The Hall–Kier alpha value is -2.13. The van der Waals surface area contributed by atoms with Crippen molar-refractivity contribution in [3.63, 3.8) is 0 Å². The summed E-state index contributed by atoms with van der Waals surface area (Å²) in [5, 5.41) is 2.67. The maximum Gasteiger partial charge on any atom is 0.309 e. The summed E-state index contributed by atoms with van der Waals surface area (Å²) in [7, 11) is -1.98. The highest BCUT2D eigenvalue weighted by Gasteiger charge is 2.28. The molecule has 3 heteroatoms. The van der Waals surface area contributed by atoms with Gasteiger partial charge in [0.15, 0.2) is 0 Å². The van der Waals surface area contributed by atoms with Crippen LogP contribution in [0.15, 0.2) is 72.4 Å². The van der Waals surface area contributed by atoms with Crippen molar-refractivity contribution in [3.8, 4) is 0 Å². The molecule has 0 N–H and O–H groups in total. The van der Waals surface area contributed by atoms with Crippen molar-refractivity contribution < 1.29 is 9.53 Å². The molecule has 2 nitrogen and oxygen atoms in total. The molecule has 0 atom stereocenters. The van der Waals surface area contributed by atoms with Crippen LogP contribution in [-0.4, -0.2) is 20.7 Å². The number of hydrogen-bond acceptors (Lipinski definition) is 2. The lowest BCUT2D eigenvalue weighted by Crippen LogP contribution is -2.54. The van der Waals surface area contributed by atoms with Gasteiger partial charge < -0.3 is 4.74 Å². The topological polar surface area (TPSA) is 26.3 Å². The standard InChI is InChI=1S/C19H22O2Si/c1-3-21-19(20)15-10-16-22(2,17-11-6-4-7-12-17)18-13-8-5-9-14-18/h4-14,16H,3,15H2,1-2H3/b16-10+. The monoisotopic (exact) mass is 310 g/mol. The zero-order valence-corrected chi connectivity index (χ0v) is 14.2. The number of ether oxygens (including phenoxy) is 1. The van der Waals surface area contributed by atoms with E-state index in [9.17, 15) is 4.79 Å². The Morgan fingerprint density at radius 3 is 1.95 bits per heavy atom. The van der Waals surface area contributed by atoms with Crippen LogP contribution >= 0.6 is 0 Å². The van der Waals surface area contributed by atoms with Crippen molar-refractivity contribution in [1.29, 1.82) is 0 Å². The van der Waals surface area contributed by atoms with E-state index in [1.54, 1.807) is 0 Å². The van der Waals surface area contributed by atoms with Gasteiger partial charge in [0, 0.05) is 0 Å². The molecule has 0 unspecified atom stereocenters. The van der Waals surface area contributed by atoms with Crippen LogP contribution in [-0.2, 0) is 9.53 Å². The van der Waals surface area contributed by atoms with Crippen molar-refractivity contribution >= 4 is 24.4 Å². The molecule has 0 aliphatic carbocycles. The quantitative estimate of drug-likeness (QED) is 0.606. The molecule has 0 aromatic heterocycles. The van der Waals surface area contributed by atoms with Crippen molar-refractivity contribution in [3.05, 3.63) is 72.4 Å². The Morgan fingerprint density at radius 1 is 1.00 bits per heavy atom. The Kier molecular flexibility index (Phi) is 5.73. The molecule has 0 bridgehead atoms. The van der Waals surface area contributed by atoms with E-state index in [1.165, 1.54) is 10.4 Å². The number of carbonyl (C=O) groups excluding carboxylic acids is 1. The molecule has 0 heterocycles. The van der Waals surface area contributed by atoms with E-state index >= 15 is 0 Å². The molecule has 114 valence electrons. The Morgan fingerprint density at radius 2 is 1.50 bits per heavy atom. The molecule has 0 amide bonds. The minimum atomic E-state index is -1.98. The zero-order valence-electron chi connectivity index (χ0n) is 13.2. The predicted molar refractivity (Wildman–Crippen MR) is 94.2 cm³/mol. The van der Waals surface area contributed by atoms with Crippen LogP contribution < -0.4 is 10.4 Å². The second kappa shape index (κ2) is 7.76. The van der Waals surface area contributed by atoms with Crippen LogP contribution in [0.4, 0.5) is 0 Å². The minimum Gasteiger partial charge on any atom is -0.466 e. The average Bonchev–Trinajstić information content (AvgIpc) is 2.56. The Bertz CT molecular complexity index is 581. The highest BCUT2D eigenvalue weighted by atomic mass is 28.3. The number of hydrogen-bond donors (Lipinski definition) is 0. The molecular weight excluding hydrogens is 288 g/mol. The Labute approximate surface area is 133 Å². The largest absolute Gasteiger partial charge is 0.466 e. The lowest BCUT2D eigenvalue weighted by atomic mass is 10.4. The summed E-state index contributed by atoms with van der Waals surface area (Å²) < 4.78 is 4.99. The third-order valence-electron chi connectivity index (χ3n) is 3.79. The number of benzene rings is 2. The number of esters is 1. The molecule has 0 radical (unpaired) electrons. The van der Waals surface area contributed by atoms with Crippen LogP contribution in [0.1, 0.15) is 13.3 Å². The second-order valence-electron chi connectivity index (χ2n) is 5.35. The van der Waals surface area contributed by atoms with Gasteiger partial charge in [-0.15, -0.1) is 0 Å². The van der Waals surface area contributed by atoms with Crippen molar-refractivity contribution in [2.75, 3.05) is 6.61 Å². The van der Waals surface area contributed by atoms with Gasteiger partial charge in [-0.1, -0.05) is 89.4 Å². The fourth-order valence-electron chi connectivity index (χ4n) is 2.54. The summed E-state index contributed by atoms with van der Waals surface area (Å²) in [6.45, 7) is 4.56. The summed E-state index contributed by atoms with van der Waals surface area (Å²) in [6, 6.07) is 21.1. The molecule has 0 spiro atoms. The fourth-order valence-corrected chi connectivity index (χ4v) is 5.62. The van der Waals surface area contributed by atoms with Gasteiger partial charge in [-0.05, 0) is 6.92 Å². The molecule has 2 rings (SSSR count). The first-order valence-electron chi connectivity index (χ1n) is 7.61. The molecule has 2 aromatic rings. The highest BCUT2D eigenvalue weighted by molar-refractivity contribution is 7.05. The summed E-state index contributed by atoms with van der Waals surface area (Å²) >= 11 is 0. The van der Waals surface area contributed by atoms with E-state index in [2.05, 4.69) is 60.8 Å². The summed E-state index contributed by atoms with van der Waals surface area (Å²) in [6.07, 6.45) is 2.29. The van der Waals surface area contributed by atoms with Crippen LogP contribution in [0, 0.1) is 0 Å². The molecule has 0 aliphatic rings. The van der Waals surface area contributed by atoms with Gasteiger partial charge in [0.05, 0.1) is 13.0 Å². The van der Waals surface area contributed by atoms with Gasteiger partial charge in [0.1, 0.15) is 8.07 Å². The van der Waals surface area contributed by atoms with Gasteiger partial charge >= 0.3 is 5.97 Å². The van der Waals surface area contributed by atoms with E-state index in [0.717, 1.165) is 0 Å². The summed E-state index contributed by atoms with van der Waals surface area (Å²) in [4.78, 5) is 11.5. The van der Waals surface area contributed by atoms with Gasteiger partial charge in [-0.25, -0.2) is 0 Å². The van der Waals surface area contributed by atoms with Gasteiger partial charge in [0.25, 0.3) is 0 Å². The minimum absolute atomic E-state index is 0.170. The highest BCUT2D eigenvalue weighted by Crippen LogP contribution is 2.08. The van der Waals surface area contributed by atoms with Crippen LogP contribution in [0.3, 0.4) is 0 Å². The van der Waals surface area contributed by atoms with E-state index in [1.807, 2.05) is 25.1 Å². The SMILES string of the molecule is CCOC(=O)C/C=C/[Si](C)(c1ccccc1)c1ccccc1. The first kappa shape index (κ1) is 16.2. The predicted octanol–water partition coefficient (Wildman–Crippen LogP) is 2.93. The lowest BCUT2D eigenvalue weighted by Gasteiger charge is -2.25. The van der Waals surface area contributed by atoms with Crippen LogP contribution in [0.5, 0.6) is 0 Å². The first-order valence-corrected chi connectivity index (χ1v) is 10.2. The summed E-state index contributed by atoms with van der Waals surface area (Å²) in [5.41, 5.74) is 2.23. The average molecular weight is 310 g/mol. The molecule has 22 heavy (non-hydrogen) atoms. The lowest BCUT2D eigenvalue weighted by molar-refractivity contribution is -0.142. The maximum absolute atomic E-state index is 11.5. The van der Waals surface area contributed by atoms with Crippen molar-refractivity contribution in [2.45, 2.75) is 19.9 Å². The molecule has 0 aliphatic heterocycles. The zero-order chi connectivity index (χ0) is 15.8. The number of carbonyl (C=O) groups is 1. The van der Waals surface area contributed by atoms with Crippen molar-refractivity contribution in [2.24, 2.45) is 0 Å². The third-order valence-corrected chi connectivity index (χ3v) is 7.76.